The average Bonchev–Trinajstić information content (AvgIpc) is 2.15. The molecule has 1 aromatic rings. The topological polar surface area (TPSA) is 28.2 Å². The van der Waals surface area contributed by atoms with Gasteiger partial charge in [-0.1, -0.05) is 13.0 Å². The van der Waals surface area contributed by atoms with E-state index in [-0.39, 0.29) is 0 Å². The Hall–Kier alpha value is -0.610. The Labute approximate surface area is 99.0 Å². The van der Waals surface area contributed by atoms with Crippen molar-refractivity contribution in [2.24, 2.45) is 0 Å². The number of pyridine rings is 1. The molecular formula is C11H16BrN3. The van der Waals surface area contributed by atoms with Crippen LogP contribution in [0.25, 0.3) is 0 Å². The lowest BCUT2D eigenvalue weighted by molar-refractivity contribution is 0.162. The highest BCUT2D eigenvalue weighted by Crippen LogP contribution is 2.15. The zero-order valence-electron chi connectivity index (χ0n) is 8.91. The second-order valence-electron chi connectivity index (χ2n) is 3.95. The van der Waals surface area contributed by atoms with E-state index in [0.29, 0.717) is 6.04 Å². The Bertz CT molecular complexity index is 323. The Morgan fingerprint density at radius 1 is 1.53 bits per heavy atom. The molecule has 0 aromatic carbocycles. The van der Waals surface area contributed by atoms with Gasteiger partial charge in [0.1, 0.15) is 10.4 Å². The van der Waals surface area contributed by atoms with Crippen LogP contribution in [0.3, 0.4) is 0 Å². The Morgan fingerprint density at radius 2 is 2.33 bits per heavy atom. The molecule has 3 nitrogen and oxygen atoms in total. The van der Waals surface area contributed by atoms with Crippen LogP contribution in [0.15, 0.2) is 22.8 Å². The minimum Gasteiger partial charge on any atom is -0.365 e. The fourth-order valence-corrected chi connectivity index (χ4v) is 2.20. The van der Waals surface area contributed by atoms with Crippen molar-refractivity contribution < 1.29 is 0 Å². The standard InChI is InChI=1S/C11H16BrN3/c1-2-6-15-7-9(8-15)13-11-5-3-4-10(12)14-11/h3-5,9H,2,6-8H2,1H3,(H,13,14). The molecule has 0 radical (unpaired) electrons. The van der Waals surface area contributed by atoms with E-state index in [1.807, 2.05) is 18.2 Å². The van der Waals surface area contributed by atoms with Crippen molar-refractivity contribution in [3.8, 4) is 0 Å². The molecule has 1 aromatic heterocycles. The summed E-state index contributed by atoms with van der Waals surface area (Å²) in [4.78, 5) is 6.81. The minimum absolute atomic E-state index is 0.568. The van der Waals surface area contributed by atoms with E-state index in [2.05, 4.69) is 38.1 Å². The van der Waals surface area contributed by atoms with Crippen LogP contribution in [0, 0.1) is 0 Å². The summed E-state index contributed by atoms with van der Waals surface area (Å²) in [7, 11) is 0. The first kappa shape index (κ1) is 10.9. The average molecular weight is 270 g/mol. The highest BCUT2D eigenvalue weighted by Gasteiger charge is 2.25. The first-order valence-electron chi connectivity index (χ1n) is 5.39. The van der Waals surface area contributed by atoms with Gasteiger partial charge in [0.05, 0.1) is 6.04 Å². The molecule has 0 aliphatic carbocycles. The zero-order valence-corrected chi connectivity index (χ0v) is 10.5. The molecule has 0 atom stereocenters. The maximum absolute atomic E-state index is 4.35. The smallest absolute Gasteiger partial charge is 0.127 e. The molecule has 1 fully saturated rings. The number of hydrogen-bond acceptors (Lipinski definition) is 3. The van der Waals surface area contributed by atoms with Gasteiger partial charge in [0.2, 0.25) is 0 Å². The summed E-state index contributed by atoms with van der Waals surface area (Å²) in [5.41, 5.74) is 0. The van der Waals surface area contributed by atoms with E-state index in [4.69, 9.17) is 0 Å². The fourth-order valence-electron chi connectivity index (χ4n) is 1.86. The molecule has 1 N–H and O–H groups in total. The third kappa shape index (κ3) is 2.92. The number of anilines is 1. The molecule has 4 heteroatoms. The van der Waals surface area contributed by atoms with Gasteiger partial charge in [0.25, 0.3) is 0 Å². The van der Waals surface area contributed by atoms with Gasteiger partial charge >= 0.3 is 0 Å². The van der Waals surface area contributed by atoms with Crippen molar-refractivity contribution >= 4 is 21.7 Å². The van der Waals surface area contributed by atoms with E-state index in [9.17, 15) is 0 Å². The number of nitrogens with zero attached hydrogens (tertiary/aromatic N) is 2. The molecule has 0 amide bonds. The van der Waals surface area contributed by atoms with Gasteiger partial charge in [-0.3, -0.25) is 4.90 Å². The van der Waals surface area contributed by atoms with E-state index >= 15 is 0 Å². The van der Waals surface area contributed by atoms with E-state index in [1.54, 1.807) is 0 Å². The summed E-state index contributed by atoms with van der Waals surface area (Å²) >= 11 is 3.37. The summed E-state index contributed by atoms with van der Waals surface area (Å²) in [5.74, 6) is 0.963. The molecular weight excluding hydrogens is 254 g/mol. The van der Waals surface area contributed by atoms with Crippen molar-refractivity contribution in [1.29, 1.82) is 0 Å². The number of nitrogens with one attached hydrogen (secondary N) is 1. The predicted octanol–water partition coefficient (Wildman–Crippen LogP) is 2.35. The molecule has 2 rings (SSSR count). The molecule has 0 bridgehead atoms. The largest absolute Gasteiger partial charge is 0.365 e. The molecule has 1 aliphatic heterocycles. The lowest BCUT2D eigenvalue weighted by atomic mass is 10.1. The third-order valence-electron chi connectivity index (χ3n) is 2.56. The van der Waals surface area contributed by atoms with Crippen LogP contribution in [0.5, 0.6) is 0 Å². The number of hydrogen-bond donors (Lipinski definition) is 1. The zero-order chi connectivity index (χ0) is 10.7. The van der Waals surface area contributed by atoms with E-state index < -0.39 is 0 Å². The summed E-state index contributed by atoms with van der Waals surface area (Å²) in [6.07, 6.45) is 1.24. The second kappa shape index (κ2) is 4.94. The molecule has 15 heavy (non-hydrogen) atoms. The predicted molar refractivity (Wildman–Crippen MR) is 66.1 cm³/mol. The van der Waals surface area contributed by atoms with Crippen LogP contribution in [0.1, 0.15) is 13.3 Å². The van der Waals surface area contributed by atoms with Gasteiger partial charge in [0.15, 0.2) is 0 Å². The lowest BCUT2D eigenvalue weighted by Gasteiger charge is -2.39. The Kier molecular flexibility index (Phi) is 3.59. The number of likely N-dealkylation sites (tertiary alicyclic amines) is 1. The van der Waals surface area contributed by atoms with Crippen molar-refractivity contribution in [2.45, 2.75) is 19.4 Å². The van der Waals surface area contributed by atoms with Gasteiger partial charge < -0.3 is 5.32 Å². The van der Waals surface area contributed by atoms with Crippen molar-refractivity contribution in [2.75, 3.05) is 25.0 Å². The lowest BCUT2D eigenvalue weighted by Crippen LogP contribution is -2.54. The summed E-state index contributed by atoms with van der Waals surface area (Å²) in [6, 6.07) is 6.52. The minimum atomic E-state index is 0.568. The van der Waals surface area contributed by atoms with Gasteiger partial charge in [-0.15, -0.1) is 0 Å². The molecule has 0 saturated carbocycles. The summed E-state index contributed by atoms with van der Waals surface area (Å²) < 4.78 is 0.886. The van der Waals surface area contributed by atoms with Gasteiger partial charge in [-0.2, -0.15) is 0 Å². The maximum atomic E-state index is 4.35. The molecule has 1 saturated heterocycles. The van der Waals surface area contributed by atoms with Crippen LogP contribution >= 0.6 is 15.9 Å². The van der Waals surface area contributed by atoms with Gasteiger partial charge in [-0.25, -0.2) is 4.98 Å². The fraction of sp³-hybridized carbons (Fsp3) is 0.545. The normalized spacial score (nSPS) is 17.5. The quantitative estimate of drug-likeness (QED) is 0.851. The number of halogens is 1. The highest BCUT2D eigenvalue weighted by molar-refractivity contribution is 9.10. The van der Waals surface area contributed by atoms with E-state index in [1.165, 1.54) is 13.0 Å². The second-order valence-corrected chi connectivity index (χ2v) is 4.76. The summed E-state index contributed by atoms with van der Waals surface area (Å²) in [6.45, 7) is 5.71. The molecule has 2 heterocycles. The number of aromatic nitrogens is 1. The van der Waals surface area contributed by atoms with Crippen molar-refractivity contribution in [3.63, 3.8) is 0 Å². The Balaban J connectivity index is 1.80. The number of rotatable bonds is 4. The third-order valence-corrected chi connectivity index (χ3v) is 3.01. The van der Waals surface area contributed by atoms with Crippen molar-refractivity contribution in [1.82, 2.24) is 9.88 Å². The Morgan fingerprint density at radius 3 is 3.00 bits per heavy atom. The van der Waals surface area contributed by atoms with Gasteiger partial charge in [-0.05, 0) is 41.0 Å². The molecule has 82 valence electrons. The van der Waals surface area contributed by atoms with Crippen LogP contribution in [0.2, 0.25) is 0 Å². The highest BCUT2D eigenvalue weighted by atomic mass is 79.9. The molecule has 0 unspecified atom stereocenters. The van der Waals surface area contributed by atoms with Crippen LogP contribution in [0.4, 0.5) is 5.82 Å². The molecule has 1 aliphatic rings. The SMILES string of the molecule is CCCN1CC(Nc2cccc(Br)n2)C1. The maximum Gasteiger partial charge on any atom is 0.127 e. The van der Waals surface area contributed by atoms with Crippen LogP contribution in [-0.4, -0.2) is 35.6 Å². The first-order chi connectivity index (χ1) is 7.28. The monoisotopic (exact) mass is 269 g/mol. The van der Waals surface area contributed by atoms with Gasteiger partial charge in [0, 0.05) is 13.1 Å². The van der Waals surface area contributed by atoms with Crippen LogP contribution < -0.4 is 5.32 Å². The summed E-state index contributed by atoms with van der Waals surface area (Å²) in [5, 5.41) is 3.42. The first-order valence-corrected chi connectivity index (χ1v) is 6.18. The van der Waals surface area contributed by atoms with Crippen LogP contribution in [-0.2, 0) is 0 Å². The van der Waals surface area contributed by atoms with Crippen molar-refractivity contribution in [3.05, 3.63) is 22.8 Å². The molecule has 0 spiro atoms. The van der Waals surface area contributed by atoms with E-state index in [0.717, 1.165) is 23.5 Å².